The fourth-order valence-corrected chi connectivity index (χ4v) is 8.87. The Morgan fingerprint density at radius 2 is 1.52 bits per heavy atom. The number of hydrogen-bond donors (Lipinski definition) is 0. The number of rotatable bonds is 3. The zero-order valence-electron chi connectivity index (χ0n) is 27.3. The number of fused-ring (bicyclic) bond motifs is 10. The SMILES string of the molecule is CC12C=C(C#N)C=CC1N(c1cc(C#N)ccc1-c1ccc3oc4c(c3c1)C=CC1c3ccccc3N(c3ccccc3)C41)c1ccccc12. The molecule has 5 aromatic carbocycles. The minimum absolute atomic E-state index is 0.000605. The molecular weight excluding hydrogens is 613 g/mol. The number of benzene rings is 5. The molecule has 0 spiro atoms. The van der Waals surface area contributed by atoms with E-state index >= 15 is 0 Å². The van der Waals surface area contributed by atoms with Gasteiger partial charge in [-0.1, -0.05) is 91.0 Å². The van der Waals surface area contributed by atoms with Crippen LogP contribution in [0.1, 0.15) is 46.9 Å². The average Bonchev–Trinajstić information content (AvgIpc) is 3.80. The lowest BCUT2D eigenvalue weighted by atomic mass is 9.74. The van der Waals surface area contributed by atoms with E-state index in [0.29, 0.717) is 11.1 Å². The smallest absolute Gasteiger partial charge is 0.136 e. The van der Waals surface area contributed by atoms with Crippen LogP contribution >= 0.6 is 0 Å². The Balaban J connectivity index is 1.13. The number of allylic oxidation sites excluding steroid dienone is 2. The topological polar surface area (TPSA) is 67.2 Å². The molecule has 50 heavy (non-hydrogen) atoms. The van der Waals surface area contributed by atoms with E-state index in [9.17, 15) is 10.5 Å². The average molecular weight is 643 g/mol. The van der Waals surface area contributed by atoms with Crippen molar-refractivity contribution in [2.24, 2.45) is 0 Å². The lowest BCUT2D eigenvalue weighted by Crippen LogP contribution is -2.40. The Labute approximate surface area is 290 Å². The van der Waals surface area contributed by atoms with Crippen LogP contribution in [0.2, 0.25) is 0 Å². The van der Waals surface area contributed by atoms with E-state index in [1.807, 2.05) is 18.2 Å². The van der Waals surface area contributed by atoms with Crippen molar-refractivity contribution < 1.29 is 4.42 Å². The van der Waals surface area contributed by atoms with Gasteiger partial charge in [-0.3, -0.25) is 0 Å². The molecule has 0 N–H and O–H groups in total. The number of nitrogens with zero attached hydrogens (tertiary/aromatic N) is 4. The third kappa shape index (κ3) is 3.86. The molecule has 0 saturated heterocycles. The van der Waals surface area contributed by atoms with Crippen LogP contribution < -0.4 is 9.80 Å². The van der Waals surface area contributed by atoms with Gasteiger partial charge in [0.25, 0.3) is 0 Å². The fourth-order valence-electron chi connectivity index (χ4n) is 8.87. The normalized spacial score (nSPS) is 22.2. The first-order chi connectivity index (χ1) is 24.6. The molecule has 0 radical (unpaired) electrons. The van der Waals surface area contributed by atoms with E-state index in [1.54, 1.807) is 0 Å². The Morgan fingerprint density at radius 1 is 0.720 bits per heavy atom. The largest absolute Gasteiger partial charge is 0.458 e. The number of para-hydroxylation sites is 3. The number of furan rings is 1. The molecule has 1 aromatic heterocycles. The summed E-state index contributed by atoms with van der Waals surface area (Å²) in [6.07, 6.45) is 10.7. The molecule has 2 aliphatic heterocycles. The lowest BCUT2D eigenvalue weighted by Gasteiger charge is -2.36. The molecule has 0 amide bonds. The van der Waals surface area contributed by atoms with Crippen LogP contribution in [0.15, 0.2) is 150 Å². The number of hydrogen-bond acceptors (Lipinski definition) is 5. The van der Waals surface area contributed by atoms with Crippen molar-refractivity contribution >= 4 is 39.8 Å². The third-order valence-electron chi connectivity index (χ3n) is 11.1. The van der Waals surface area contributed by atoms with E-state index in [4.69, 9.17) is 4.42 Å². The second-order valence-corrected chi connectivity index (χ2v) is 13.7. The van der Waals surface area contributed by atoms with Gasteiger partial charge in [0.15, 0.2) is 0 Å². The van der Waals surface area contributed by atoms with Gasteiger partial charge in [0, 0.05) is 50.5 Å². The van der Waals surface area contributed by atoms with E-state index < -0.39 is 5.41 Å². The van der Waals surface area contributed by atoms with E-state index in [2.05, 4.69) is 156 Å². The van der Waals surface area contributed by atoms with Crippen LogP contribution in [-0.4, -0.2) is 6.04 Å². The maximum atomic E-state index is 10.0. The minimum atomic E-state index is -0.408. The van der Waals surface area contributed by atoms with Gasteiger partial charge in [0.2, 0.25) is 0 Å². The molecule has 5 nitrogen and oxygen atoms in total. The predicted octanol–water partition coefficient (Wildman–Crippen LogP) is 10.8. The van der Waals surface area contributed by atoms with Gasteiger partial charge in [-0.15, -0.1) is 0 Å². The highest BCUT2D eigenvalue weighted by atomic mass is 16.3. The van der Waals surface area contributed by atoms with Gasteiger partial charge < -0.3 is 14.2 Å². The van der Waals surface area contributed by atoms with Crippen molar-refractivity contribution in [3.05, 3.63) is 173 Å². The Morgan fingerprint density at radius 3 is 2.36 bits per heavy atom. The Bertz CT molecular complexity index is 2580. The molecule has 10 rings (SSSR count). The first-order valence-corrected chi connectivity index (χ1v) is 17.0. The van der Waals surface area contributed by atoms with Crippen LogP contribution in [0.5, 0.6) is 0 Å². The molecule has 3 heterocycles. The summed E-state index contributed by atoms with van der Waals surface area (Å²) in [6.45, 7) is 2.20. The van der Waals surface area contributed by atoms with Gasteiger partial charge in [0.1, 0.15) is 17.4 Å². The molecule has 5 heteroatoms. The summed E-state index contributed by atoms with van der Waals surface area (Å²) in [4.78, 5) is 4.77. The molecule has 0 fully saturated rings. The van der Waals surface area contributed by atoms with Crippen molar-refractivity contribution in [2.45, 2.75) is 30.3 Å². The van der Waals surface area contributed by atoms with Crippen LogP contribution in [0.3, 0.4) is 0 Å². The van der Waals surface area contributed by atoms with Crippen molar-refractivity contribution in [2.75, 3.05) is 9.80 Å². The molecule has 2 aliphatic carbocycles. The van der Waals surface area contributed by atoms with Gasteiger partial charge in [-0.2, -0.15) is 10.5 Å². The zero-order valence-corrected chi connectivity index (χ0v) is 27.3. The third-order valence-corrected chi connectivity index (χ3v) is 11.1. The number of anilines is 4. The summed E-state index contributed by atoms with van der Waals surface area (Å²) in [6, 6.07) is 44.8. The summed E-state index contributed by atoms with van der Waals surface area (Å²) >= 11 is 0. The van der Waals surface area contributed by atoms with E-state index in [1.165, 1.54) is 11.3 Å². The first kappa shape index (κ1) is 28.5. The Kier molecular flexibility index (Phi) is 5.96. The highest BCUT2D eigenvalue weighted by Gasteiger charge is 2.48. The van der Waals surface area contributed by atoms with E-state index in [-0.39, 0.29) is 18.0 Å². The standard InChI is InChI=1S/C45H30N4O/c1-45-25-29(27-47)16-22-42(45)49(39-14-8-6-12-37(39)45)40-23-28(26-46)15-18-32(40)30-17-21-41-36(24-30)35-20-19-34-33-11-5-7-13-38(33)48(43(34)44(35)50-41)31-9-3-2-4-10-31/h2-25,34,42-43H,1H3. The molecular formula is C45H30N4O. The molecule has 0 bridgehead atoms. The molecule has 0 saturated carbocycles. The molecule has 4 atom stereocenters. The van der Waals surface area contributed by atoms with Crippen LogP contribution in [0, 0.1) is 22.7 Å². The number of nitriles is 2. The maximum absolute atomic E-state index is 10.0. The van der Waals surface area contributed by atoms with Crippen molar-refractivity contribution in [3.8, 4) is 23.3 Å². The van der Waals surface area contributed by atoms with E-state index in [0.717, 1.165) is 56.0 Å². The van der Waals surface area contributed by atoms with Crippen LogP contribution in [0.25, 0.3) is 28.2 Å². The summed E-state index contributed by atoms with van der Waals surface area (Å²) in [5, 5.41) is 20.9. The summed E-state index contributed by atoms with van der Waals surface area (Å²) < 4.78 is 6.81. The lowest BCUT2D eigenvalue weighted by molar-refractivity contribution is 0.478. The van der Waals surface area contributed by atoms with Crippen LogP contribution in [0.4, 0.5) is 22.7 Å². The van der Waals surface area contributed by atoms with Crippen molar-refractivity contribution in [1.29, 1.82) is 10.5 Å². The quantitative estimate of drug-likeness (QED) is 0.192. The Hall–Kier alpha value is -6.56. The molecule has 4 unspecified atom stereocenters. The summed E-state index contributed by atoms with van der Waals surface area (Å²) in [7, 11) is 0. The van der Waals surface area contributed by atoms with Crippen molar-refractivity contribution in [3.63, 3.8) is 0 Å². The minimum Gasteiger partial charge on any atom is -0.458 e. The van der Waals surface area contributed by atoms with Crippen molar-refractivity contribution in [1.82, 2.24) is 0 Å². The molecule has 236 valence electrons. The molecule has 6 aromatic rings. The second kappa shape index (κ2) is 10.5. The fraction of sp³-hybridized carbons (Fsp3) is 0.111. The van der Waals surface area contributed by atoms with Gasteiger partial charge in [-0.25, -0.2) is 0 Å². The summed E-state index contributed by atoms with van der Waals surface area (Å²) in [5.74, 6) is 1.15. The van der Waals surface area contributed by atoms with Crippen LogP contribution in [-0.2, 0) is 5.41 Å². The van der Waals surface area contributed by atoms with Gasteiger partial charge in [0.05, 0.1) is 29.4 Å². The summed E-state index contributed by atoms with van der Waals surface area (Å²) in [5.41, 5.74) is 11.7. The highest BCUT2D eigenvalue weighted by molar-refractivity contribution is 5.97. The van der Waals surface area contributed by atoms with Gasteiger partial charge in [-0.05, 0) is 78.2 Å². The highest BCUT2D eigenvalue weighted by Crippen LogP contribution is 2.58. The molecule has 4 aliphatic rings. The van der Waals surface area contributed by atoms with Gasteiger partial charge >= 0.3 is 0 Å². The predicted molar refractivity (Wildman–Crippen MR) is 198 cm³/mol. The monoisotopic (exact) mass is 642 g/mol. The first-order valence-electron chi connectivity index (χ1n) is 17.0. The maximum Gasteiger partial charge on any atom is 0.136 e. The zero-order chi connectivity index (χ0) is 33.6. The second-order valence-electron chi connectivity index (χ2n) is 13.7.